The Morgan fingerprint density at radius 1 is 0.346 bits per heavy atom. The minimum absolute atomic E-state index is 0. The molecule has 8 aromatic carbocycles. The number of rotatable bonds is 8. The molecular formula is C76H96SiZr-4. The van der Waals surface area contributed by atoms with Crippen LogP contribution >= 0.6 is 0 Å². The third kappa shape index (κ3) is 15.5. The molecule has 0 bridgehead atoms. The van der Waals surface area contributed by atoms with Crippen LogP contribution in [-0.2, 0) is 57.8 Å². The molecule has 0 aliphatic heterocycles. The topological polar surface area (TPSA) is 0 Å². The maximum atomic E-state index is 3.06. The second-order valence-electron chi connectivity index (χ2n) is 27.1. The van der Waals surface area contributed by atoms with E-state index in [0.717, 1.165) is 11.8 Å². The fourth-order valence-corrected chi connectivity index (χ4v) is 12.4. The van der Waals surface area contributed by atoms with E-state index >= 15 is 0 Å². The Bertz CT molecular complexity index is 2710. The Kier molecular flexibility index (Phi) is 21.7. The summed E-state index contributed by atoms with van der Waals surface area (Å²) in [5.41, 5.74) is 20.0. The van der Waals surface area contributed by atoms with E-state index < -0.39 is 0 Å². The fourth-order valence-electron chi connectivity index (χ4n) is 12.4. The molecule has 8 aromatic rings. The predicted molar refractivity (Wildman–Crippen MR) is 344 cm³/mol. The molecule has 0 nitrogen and oxygen atoms in total. The third-order valence-corrected chi connectivity index (χ3v) is 17.1. The monoisotopic (exact) mass is 1130 g/mol. The van der Waals surface area contributed by atoms with Gasteiger partial charge in [0.2, 0.25) is 0 Å². The van der Waals surface area contributed by atoms with E-state index in [4.69, 9.17) is 0 Å². The fraction of sp³-hybridized carbons (Fsp3) is 0.421. The first-order valence-corrected chi connectivity index (χ1v) is 33.5. The molecule has 2 aliphatic carbocycles. The van der Waals surface area contributed by atoms with Crippen molar-refractivity contribution in [3.8, 4) is 44.5 Å². The quantitative estimate of drug-likeness (QED) is 0.0808. The van der Waals surface area contributed by atoms with Crippen molar-refractivity contribution in [2.24, 2.45) is 11.8 Å². The van der Waals surface area contributed by atoms with Crippen LogP contribution in [0.15, 0.2) is 146 Å². The second-order valence-corrected chi connectivity index (χ2v) is 27.1. The first-order chi connectivity index (χ1) is 36.2. The average Bonchev–Trinajstić information content (AvgIpc) is 3.88. The van der Waals surface area contributed by atoms with Crippen molar-refractivity contribution in [1.29, 1.82) is 0 Å². The van der Waals surface area contributed by atoms with Gasteiger partial charge in [0.1, 0.15) is 0 Å². The van der Waals surface area contributed by atoms with Gasteiger partial charge in [0, 0.05) is 0 Å². The zero-order chi connectivity index (χ0) is 54.4. The molecule has 0 N–H and O–H groups in total. The van der Waals surface area contributed by atoms with E-state index in [1.807, 2.05) is 0 Å². The molecule has 0 amide bonds. The van der Waals surface area contributed by atoms with E-state index in [1.54, 1.807) is 0 Å². The van der Waals surface area contributed by atoms with Crippen LogP contribution in [0.4, 0.5) is 0 Å². The van der Waals surface area contributed by atoms with Gasteiger partial charge in [-0.25, -0.2) is 0 Å². The van der Waals surface area contributed by atoms with Crippen molar-refractivity contribution < 1.29 is 23.3 Å². The molecule has 0 heterocycles. The van der Waals surface area contributed by atoms with Gasteiger partial charge >= 0.3 is 30.2 Å². The van der Waals surface area contributed by atoms with Crippen LogP contribution in [-0.4, -0.2) is 6.88 Å². The first kappa shape index (κ1) is 62.8. The number of fused-ring (bicyclic) bond motifs is 2. The van der Waals surface area contributed by atoms with Gasteiger partial charge < -0.3 is 14.9 Å². The molecule has 0 aromatic heterocycles. The van der Waals surface area contributed by atoms with Crippen LogP contribution in [0.1, 0.15) is 194 Å². The van der Waals surface area contributed by atoms with E-state index in [9.17, 15) is 0 Å². The van der Waals surface area contributed by atoms with Gasteiger partial charge in [-0.2, -0.15) is 12.1 Å². The van der Waals surface area contributed by atoms with Crippen molar-refractivity contribution in [1.82, 2.24) is 0 Å². The minimum atomic E-state index is 0. The molecule has 412 valence electrons. The van der Waals surface area contributed by atoms with Crippen molar-refractivity contribution in [2.75, 3.05) is 0 Å². The summed E-state index contributed by atoms with van der Waals surface area (Å²) >= 11 is 1.36. The normalized spacial score (nSPS) is 15.0. The Labute approximate surface area is 493 Å². The second kappa shape index (κ2) is 26.9. The molecule has 0 unspecified atom stereocenters. The summed E-state index contributed by atoms with van der Waals surface area (Å²) in [7, 11) is 0. The van der Waals surface area contributed by atoms with E-state index in [1.165, 1.54) is 213 Å². The van der Waals surface area contributed by atoms with Crippen molar-refractivity contribution in [2.45, 2.75) is 195 Å². The van der Waals surface area contributed by atoms with Gasteiger partial charge in [0.15, 0.2) is 0 Å². The van der Waals surface area contributed by atoms with Crippen LogP contribution in [0.25, 0.3) is 66.1 Å². The number of benzene rings is 6. The van der Waals surface area contributed by atoms with E-state index in [2.05, 4.69) is 236 Å². The van der Waals surface area contributed by atoms with Crippen LogP contribution in [0.2, 0.25) is 0 Å². The first-order valence-electron chi connectivity index (χ1n) is 29.3. The third-order valence-electron chi connectivity index (χ3n) is 17.1. The van der Waals surface area contributed by atoms with Crippen molar-refractivity contribution >= 4 is 28.4 Å². The molecule has 2 radical (unpaired) electrons. The van der Waals surface area contributed by atoms with Crippen LogP contribution in [0, 0.1) is 26.7 Å². The van der Waals surface area contributed by atoms with Gasteiger partial charge in [-0.05, 0) is 79.7 Å². The predicted octanol–water partition coefficient (Wildman–Crippen LogP) is 22.5. The van der Waals surface area contributed by atoms with Gasteiger partial charge in [-0.3, -0.25) is 0 Å². The number of hydrogen-bond donors (Lipinski definition) is 0. The number of hydrogen-bond acceptors (Lipinski definition) is 0. The summed E-state index contributed by atoms with van der Waals surface area (Å²) in [6, 6.07) is 56.6. The van der Waals surface area contributed by atoms with Crippen LogP contribution in [0.3, 0.4) is 0 Å². The molecule has 0 saturated heterocycles. The summed E-state index contributed by atoms with van der Waals surface area (Å²) in [6.45, 7) is 30.5. The molecular weight excluding hydrogens is 1030 g/mol. The molecule has 2 aliphatic rings. The summed E-state index contributed by atoms with van der Waals surface area (Å²) in [5, 5.41) is 5.63. The zero-order valence-electron chi connectivity index (χ0n) is 50.9. The Morgan fingerprint density at radius 3 is 0.821 bits per heavy atom. The SMILES string of the molecule is CC(C)(C)c1ccc(-c2ccc(-c3ccc(C(C)(C)C)cc3)c3[cH-]c(CC4CCCCCC4)cc23)cc1.CC(C)(C)c1ccc(-c2ccc(-c3ccc(C(C)(C)C)cc3)c3[cH-]c(CC4CCCCCC4)cc23)cc1.[CH3-].[CH3-].[Si]=[Zr]. The molecule has 2 fully saturated rings. The van der Waals surface area contributed by atoms with Gasteiger partial charge in [0.25, 0.3) is 0 Å². The Balaban J connectivity index is 0.000000239. The zero-order valence-corrected chi connectivity index (χ0v) is 54.4. The Morgan fingerprint density at radius 2 is 0.577 bits per heavy atom. The standard InChI is InChI=1S/2C37H45.2CH3.Si.Zr/c2*1-36(2,3)30-17-13-28(14-18-30)32-21-22-33(29-15-19-31(20-16-29)37(4,5)6)35-25-27(24-34(32)35)23-26-11-9-7-8-10-12-26;;;;/h2*13-22,24-26H,7-12,23H2,1-6H3;2*1H3;;/q4*-1;;. The van der Waals surface area contributed by atoms with Gasteiger partial charge in [-0.1, -0.05) is 315 Å². The summed E-state index contributed by atoms with van der Waals surface area (Å²) in [5.74, 6) is 1.67. The van der Waals surface area contributed by atoms with Crippen molar-refractivity contribution in [3.05, 3.63) is 194 Å². The molecule has 10 rings (SSSR count). The average molecular weight is 1130 g/mol. The van der Waals surface area contributed by atoms with Gasteiger partial charge in [-0.15, -0.1) is 44.8 Å². The Hall–Kier alpha value is -4.36. The van der Waals surface area contributed by atoms with E-state index in [0.29, 0.717) is 0 Å². The van der Waals surface area contributed by atoms with Crippen molar-refractivity contribution in [3.63, 3.8) is 0 Å². The van der Waals surface area contributed by atoms with Gasteiger partial charge in [0.05, 0.1) is 0 Å². The summed E-state index contributed by atoms with van der Waals surface area (Å²) in [4.78, 5) is 0. The maximum absolute atomic E-state index is 3.06. The molecule has 78 heavy (non-hydrogen) atoms. The molecule has 2 heteroatoms. The molecule has 2 saturated carbocycles. The molecule has 0 atom stereocenters. The van der Waals surface area contributed by atoms with Crippen LogP contribution in [0.5, 0.6) is 0 Å². The summed E-state index contributed by atoms with van der Waals surface area (Å²) < 4.78 is 0. The molecule has 0 spiro atoms. The van der Waals surface area contributed by atoms with Crippen LogP contribution < -0.4 is 0 Å². The van der Waals surface area contributed by atoms with E-state index in [-0.39, 0.29) is 36.5 Å². The summed E-state index contributed by atoms with van der Waals surface area (Å²) in [6.07, 6.45) is 19.3.